The Morgan fingerprint density at radius 1 is 1.53 bits per heavy atom. The van der Waals surface area contributed by atoms with E-state index in [2.05, 4.69) is 42.7 Å². The van der Waals surface area contributed by atoms with Gasteiger partial charge in [-0.05, 0) is 25.0 Å². The first kappa shape index (κ1) is 10.5. The minimum atomic E-state index is -0.0296. The summed E-state index contributed by atoms with van der Waals surface area (Å²) < 4.78 is 5.46. The van der Waals surface area contributed by atoms with Crippen LogP contribution in [0.1, 0.15) is 18.1 Å². The summed E-state index contributed by atoms with van der Waals surface area (Å²) in [5, 5.41) is 6.59. The van der Waals surface area contributed by atoms with Gasteiger partial charge in [0.25, 0.3) is 0 Å². The zero-order chi connectivity index (χ0) is 10.7. The van der Waals surface area contributed by atoms with Crippen molar-refractivity contribution in [1.82, 2.24) is 5.32 Å². The fourth-order valence-electron chi connectivity index (χ4n) is 1.82. The number of hydrogen-bond acceptors (Lipinski definition) is 3. The Morgan fingerprint density at radius 2 is 2.40 bits per heavy atom. The van der Waals surface area contributed by atoms with Crippen LogP contribution in [0.5, 0.6) is 0 Å². The molecular weight excluding hydrogens is 188 g/mol. The summed E-state index contributed by atoms with van der Waals surface area (Å²) in [6.07, 6.45) is 1.01. The Labute approximate surface area is 90.8 Å². The van der Waals surface area contributed by atoms with E-state index in [1.807, 2.05) is 0 Å². The Balaban J connectivity index is 2.12. The molecule has 0 amide bonds. The van der Waals surface area contributed by atoms with Crippen molar-refractivity contribution in [2.75, 3.05) is 18.5 Å². The molecule has 82 valence electrons. The van der Waals surface area contributed by atoms with Crippen LogP contribution in [0, 0.1) is 6.92 Å². The lowest BCUT2D eigenvalue weighted by Crippen LogP contribution is -2.31. The maximum absolute atomic E-state index is 5.46. The highest BCUT2D eigenvalue weighted by Gasteiger charge is 2.14. The van der Waals surface area contributed by atoms with E-state index in [9.17, 15) is 0 Å². The number of aryl methyl sites for hydroxylation is 2. The Bertz CT molecular complexity index is 332. The fraction of sp³-hybridized carbons (Fsp3) is 0.500. The molecule has 3 heteroatoms. The summed E-state index contributed by atoms with van der Waals surface area (Å²) in [6, 6.07) is 6.46. The van der Waals surface area contributed by atoms with E-state index >= 15 is 0 Å². The van der Waals surface area contributed by atoms with E-state index in [0.717, 1.165) is 19.6 Å². The van der Waals surface area contributed by atoms with Crippen LogP contribution in [0.2, 0.25) is 0 Å². The molecule has 1 fully saturated rings. The molecule has 1 aliphatic rings. The SMILES string of the molecule is CCc1cc(C)ccc1NC1NCCO1. The molecule has 0 bridgehead atoms. The van der Waals surface area contributed by atoms with E-state index in [1.165, 1.54) is 16.8 Å². The van der Waals surface area contributed by atoms with Gasteiger partial charge in [-0.25, -0.2) is 0 Å². The van der Waals surface area contributed by atoms with Crippen molar-refractivity contribution in [3.05, 3.63) is 29.3 Å². The van der Waals surface area contributed by atoms with Crippen molar-refractivity contribution in [2.45, 2.75) is 26.6 Å². The average Bonchev–Trinajstić information content (AvgIpc) is 2.73. The van der Waals surface area contributed by atoms with E-state index in [1.54, 1.807) is 0 Å². The number of benzene rings is 1. The van der Waals surface area contributed by atoms with Crippen LogP contribution in [-0.4, -0.2) is 19.5 Å². The molecule has 1 aromatic rings. The van der Waals surface area contributed by atoms with Gasteiger partial charge in [0.1, 0.15) is 0 Å². The fourth-order valence-corrected chi connectivity index (χ4v) is 1.82. The molecule has 1 atom stereocenters. The van der Waals surface area contributed by atoms with Crippen LogP contribution < -0.4 is 10.6 Å². The first-order chi connectivity index (χ1) is 7.29. The molecule has 2 N–H and O–H groups in total. The standard InChI is InChI=1S/C12H18N2O/c1-3-10-8-9(2)4-5-11(10)14-12-13-6-7-15-12/h4-5,8,12-14H,3,6-7H2,1-2H3. The highest BCUT2D eigenvalue weighted by atomic mass is 16.5. The summed E-state index contributed by atoms with van der Waals surface area (Å²) in [4.78, 5) is 0. The van der Waals surface area contributed by atoms with E-state index in [4.69, 9.17) is 4.74 Å². The van der Waals surface area contributed by atoms with Gasteiger partial charge >= 0.3 is 0 Å². The van der Waals surface area contributed by atoms with Crippen LogP contribution in [0.3, 0.4) is 0 Å². The molecule has 0 saturated carbocycles. The van der Waals surface area contributed by atoms with Crippen molar-refractivity contribution in [3.8, 4) is 0 Å². The Kier molecular flexibility index (Phi) is 3.23. The van der Waals surface area contributed by atoms with Crippen molar-refractivity contribution in [1.29, 1.82) is 0 Å². The monoisotopic (exact) mass is 206 g/mol. The van der Waals surface area contributed by atoms with E-state index in [0.29, 0.717) is 0 Å². The van der Waals surface area contributed by atoms with Crippen LogP contribution in [0.15, 0.2) is 18.2 Å². The zero-order valence-corrected chi connectivity index (χ0v) is 9.34. The first-order valence-corrected chi connectivity index (χ1v) is 5.50. The van der Waals surface area contributed by atoms with Crippen molar-refractivity contribution in [3.63, 3.8) is 0 Å². The highest BCUT2D eigenvalue weighted by molar-refractivity contribution is 5.53. The van der Waals surface area contributed by atoms with Gasteiger partial charge < -0.3 is 10.1 Å². The third kappa shape index (κ3) is 2.49. The summed E-state index contributed by atoms with van der Waals surface area (Å²) in [5.41, 5.74) is 3.81. The quantitative estimate of drug-likeness (QED) is 0.792. The second kappa shape index (κ2) is 4.64. The van der Waals surface area contributed by atoms with Crippen LogP contribution >= 0.6 is 0 Å². The van der Waals surface area contributed by atoms with E-state index < -0.39 is 0 Å². The predicted molar refractivity (Wildman–Crippen MR) is 61.9 cm³/mol. The molecule has 1 unspecified atom stereocenters. The lowest BCUT2D eigenvalue weighted by atomic mass is 10.1. The maximum Gasteiger partial charge on any atom is 0.184 e. The second-order valence-corrected chi connectivity index (χ2v) is 3.86. The lowest BCUT2D eigenvalue weighted by Gasteiger charge is -2.16. The topological polar surface area (TPSA) is 33.3 Å². The number of hydrogen-bond donors (Lipinski definition) is 2. The molecule has 1 aliphatic heterocycles. The van der Waals surface area contributed by atoms with Gasteiger partial charge in [-0.1, -0.05) is 24.6 Å². The van der Waals surface area contributed by atoms with Crippen LogP contribution in [-0.2, 0) is 11.2 Å². The minimum absolute atomic E-state index is 0.0296. The molecule has 0 radical (unpaired) electrons. The second-order valence-electron chi connectivity index (χ2n) is 3.86. The largest absolute Gasteiger partial charge is 0.347 e. The molecule has 0 aromatic heterocycles. The third-order valence-corrected chi connectivity index (χ3v) is 2.64. The summed E-state index contributed by atoms with van der Waals surface area (Å²) in [5.74, 6) is 0. The highest BCUT2D eigenvalue weighted by Crippen LogP contribution is 2.19. The van der Waals surface area contributed by atoms with Gasteiger partial charge in [0.2, 0.25) is 0 Å². The predicted octanol–water partition coefficient (Wildman–Crippen LogP) is 1.87. The molecule has 0 spiro atoms. The third-order valence-electron chi connectivity index (χ3n) is 2.64. The van der Waals surface area contributed by atoms with E-state index in [-0.39, 0.29) is 6.35 Å². The molecule has 2 rings (SSSR count). The lowest BCUT2D eigenvalue weighted by molar-refractivity contribution is 0.123. The molecule has 3 nitrogen and oxygen atoms in total. The number of nitrogens with one attached hydrogen (secondary N) is 2. The van der Waals surface area contributed by atoms with Gasteiger partial charge in [0.15, 0.2) is 6.35 Å². The molecule has 15 heavy (non-hydrogen) atoms. The van der Waals surface area contributed by atoms with Gasteiger partial charge in [-0.3, -0.25) is 5.32 Å². The number of ether oxygens (including phenoxy) is 1. The van der Waals surface area contributed by atoms with Gasteiger partial charge in [0.05, 0.1) is 6.61 Å². The molecule has 1 saturated heterocycles. The van der Waals surface area contributed by atoms with Crippen molar-refractivity contribution >= 4 is 5.69 Å². The normalized spacial score (nSPS) is 20.5. The number of rotatable bonds is 3. The summed E-state index contributed by atoms with van der Waals surface area (Å²) >= 11 is 0. The summed E-state index contributed by atoms with van der Waals surface area (Å²) in [6.45, 7) is 5.99. The minimum Gasteiger partial charge on any atom is -0.347 e. The molecule has 1 heterocycles. The molecule has 0 aliphatic carbocycles. The van der Waals surface area contributed by atoms with Gasteiger partial charge in [-0.15, -0.1) is 0 Å². The van der Waals surface area contributed by atoms with Crippen molar-refractivity contribution < 1.29 is 4.74 Å². The molecular formula is C12H18N2O. The van der Waals surface area contributed by atoms with Gasteiger partial charge in [-0.2, -0.15) is 0 Å². The smallest absolute Gasteiger partial charge is 0.184 e. The van der Waals surface area contributed by atoms with Crippen LogP contribution in [0.4, 0.5) is 5.69 Å². The van der Waals surface area contributed by atoms with Gasteiger partial charge in [0, 0.05) is 12.2 Å². The first-order valence-electron chi connectivity index (χ1n) is 5.50. The molecule has 1 aromatic carbocycles. The zero-order valence-electron chi connectivity index (χ0n) is 9.34. The number of anilines is 1. The Hall–Kier alpha value is -1.06. The van der Waals surface area contributed by atoms with Crippen LogP contribution in [0.25, 0.3) is 0 Å². The summed E-state index contributed by atoms with van der Waals surface area (Å²) in [7, 11) is 0. The maximum atomic E-state index is 5.46. The average molecular weight is 206 g/mol. The van der Waals surface area contributed by atoms with Crippen molar-refractivity contribution in [2.24, 2.45) is 0 Å². The Morgan fingerprint density at radius 3 is 3.07 bits per heavy atom.